The molecule has 4 heterocycles. The second kappa shape index (κ2) is 7.60. The minimum absolute atomic E-state index is 0.0841. The molecule has 0 aliphatic carbocycles. The summed E-state index contributed by atoms with van der Waals surface area (Å²) in [4.78, 5) is 18.1. The van der Waals surface area contributed by atoms with Crippen LogP contribution >= 0.6 is 0 Å². The Morgan fingerprint density at radius 3 is 2.97 bits per heavy atom. The number of benzene rings is 1. The molecule has 0 saturated carbocycles. The molecule has 9 heteroatoms. The Morgan fingerprint density at radius 1 is 1.36 bits per heavy atom. The van der Waals surface area contributed by atoms with Gasteiger partial charge in [-0.1, -0.05) is 12.2 Å². The van der Waals surface area contributed by atoms with Crippen molar-refractivity contribution >= 4 is 17.3 Å². The van der Waals surface area contributed by atoms with Crippen LogP contribution in [-0.4, -0.2) is 27.1 Å². The predicted octanol–water partition coefficient (Wildman–Crippen LogP) is 3.28. The summed E-state index contributed by atoms with van der Waals surface area (Å²) < 4.78 is 21.8. The van der Waals surface area contributed by atoms with E-state index in [2.05, 4.69) is 21.5 Å². The monoisotopic (exact) mass is 442 g/mol. The quantitative estimate of drug-likeness (QED) is 0.548. The average Bonchev–Trinajstić information content (AvgIpc) is 3.15. The molecule has 0 unspecified atom stereocenters. The van der Waals surface area contributed by atoms with E-state index in [1.807, 2.05) is 6.08 Å². The highest BCUT2D eigenvalue weighted by molar-refractivity contribution is 6.17. The van der Waals surface area contributed by atoms with Crippen molar-refractivity contribution in [3.63, 3.8) is 0 Å². The van der Waals surface area contributed by atoms with E-state index in [-0.39, 0.29) is 28.7 Å². The number of anilines is 1. The molecule has 8 nitrogen and oxygen atoms in total. The second-order valence-electron chi connectivity index (χ2n) is 7.81. The van der Waals surface area contributed by atoms with E-state index in [1.54, 1.807) is 32.2 Å². The first-order chi connectivity index (χ1) is 15.9. The highest BCUT2D eigenvalue weighted by atomic mass is 19.1. The topological polar surface area (TPSA) is 119 Å². The van der Waals surface area contributed by atoms with Crippen molar-refractivity contribution in [1.82, 2.24) is 20.1 Å². The molecule has 0 spiro atoms. The van der Waals surface area contributed by atoms with Crippen LogP contribution in [0.4, 0.5) is 10.2 Å². The Kier molecular flexibility index (Phi) is 4.71. The van der Waals surface area contributed by atoms with Crippen molar-refractivity contribution in [3.8, 4) is 22.9 Å². The molecule has 1 aromatic carbocycles. The summed E-state index contributed by atoms with van der Waals surface area (Å²) in [5.74, 6) is -0.367. The molecule has 3 N–H and O–H groups in total. The minimum Gasteiger partial charge on any atom is -0.482 e. The fourth-order valence-electron chi connectivity index (χ4n) is 4.25. The lowest BCUT2D eigenvalue weighted by molar-refractivity contribution is 0.103. The number of hydrogen-bond acceptors (Lipinski definition) is 7. The van der Waals surface area contributed by atoms with E-state index in [4.69, 9.17) is 10.5 Å². The minimum atomic E-state index is -0.616. The Hall–Kier alpha value is -4.45. The number of nitrogens with zero attached hydrogens (tertiary/aromatic N) is 4. The average molecular weight is 442 g/mol. The molecule has 2 bridgehead atoms. The Labute approximate surface area is 188 Å². The number of carbonyl (C=O) groups is 1. The van der Waals surface area contributed by atoms with Crippen LogP contribution in [-0.2, 0) is 7.05 Å². The lowest BCUT2D eigenvalue weighted by Crippen LogP contribution is -2.24. The number of dihydropyridines is 1. The number of ketones is 1. The highest BCUT2D eigenvalue weighted by Gasteiger charge is 2.30. The van der Waals surface area contributed by atoms with Gasteiger partial charge in [-0.2, -0.15) is 10.4 Å². The van der Waals surface area contributed by atoms with E-state index in [1.165, 1.54) is 23.0 Å². The lowest BCUT2D eigenvalue weighted by Gasteiger charge is -2.25. The van der Waals surface area contributed by atoms with Crippen LogP contribution in [0.3, 0.4) is 0 Å². The maximum Gasteiger partial charge on any atom is 0.213 e. The Morgan fingerprint density at radius 2 is 2.18 bits per heavy atom. The van der Waals surface area contributed by atoms with Gasteiger partial charge in [-0.25, -0.2) is 9.37 Å². The SMILES string of the molecule is C[C@H]1Oc2cc(cnc2N)-c2c(C#N)nn(C)c2C(=O)C2=C(NCC=C2)c2ccc(F)cc21. The molecule has 0 amide bonds. The van der Waals surface area contributed by atoms with Crippen LogP contribution in [0.15, 0.2) is 48.2 Å². The molecule has 164 valence electrons. The molecule has 0 radical (unpaired) electrons. The number of aryl methyl sites for hydroxylation is 1. The maximum atomic E-state index is 14.3. The molecule has 3 aromatic rings. The summed E-state index contributed by atoms with van der Waals surface area (Å²) in [6.45, 7) is 2.27. The third-order valence-electron chi connectivity index (χ3n) is 5.76. The van der Waals surface area contributed by atoms with Gasteiger partial charge in [0.2, 0.25) is 5.78 Å². The van der Waals surface area contributed by atoms with Crippen LogP contribution in [0.5, 0.6) is 5.75 Å². The van der Waals surface area contributed by atoms with Gasteiger partial charge in [0.15, 0.2) is 17.3 Å². The number of rotatable bonds is 0. The summed E-state index contributed by atoms with van der Waals surface area (Å²) in [7, 11) is 1.61. The first-order valence-corrected chi connectivity index (χ1v) is 10.3. The summed E-state index contributed by atoms with van der Waals surface area (Å²) in [5.41, 5.74) is 9.29. The number of pyridine rings is 1. The van der Waals surface area contributed by atoms with E-state index in [0.29, 0.717) is 40.1 Å². The van der Waals surface area contributed by atoms with Crippen molar-refractivity contribution in [2.45, 2.75) is 13.0 Å². The summed E-state index contributed by atoms with van der Waals surface area (Å²) >= 11 is 0. The van der Waals surface area contributed by atoms with Gasteiger partial charge >= 0.3 is 0 Å². The summed E-state index contributed by atoms with van der Waals surface area (Å²) in [6, 6.07) is 8.03. The largest absolute Gasteiger partial charge is 0.482 e. The van der Waals surface area contributed by atoms with Crippen LogP contribution in [0, 0.1) is 17.1 Å². The molecule has 5 rings (SSSR count). The third kappa shape index (κ3) is 3.24. The lowest BCUT2D eigenvalue weighted by atomic mass is 9.91. The molecule has 2 aromatic heterocycles. The Balaban J connectivity index is 1.89. The smallest absolute Gasteiger partial charge is 0.213 e. The zero-order chi connectivity index (χ0) is 23.3. The van der Waals surface area contributed by atoms with Gasteiger partial charge in [0.25, 0.3) is 0 Å². The fourth-order valence-corrected chi connectivity index (χ4v) is 4.25. The van der Waals surface area contributed by atoms with Gasteiger partial charge in [-0.3, -0.25) is 9.48 Å². The molecule has 0 fully saturated rings. The van der Waals surface area contributed by atoms with Gasteiger partial charge in [-0.05, 0) is 31.2 Å². The van der Waals surface area contributed by atoms with Crippen molar-refractivity contribution in [2.75, 3.05) is 12.3 Å². The normalized spacial score (nSPS) is 16.9. The predicted molar refractivity (Wildman–Crippen MR) is 119 cm³/mol. The maximum absolute atomic E-state index is 14.3. The first-order valence-electron chi connectivity index (χ1n) is 10.3. The number of fused-ring (bicyclic) bond motifs is 6. The van der Waals surface area contributed by atoms with E-state index < -0.39 is 11.9 Å². The number of aromatic nitrogens is 3. The van der Waals surface area contributed by atoms with Crippen molar-refractivity contribution in [3.05, 3.63) is 76.5 Å². The first kappa shape index (κ1) is 20.5. The number of nitrogen functional groups attached to an aromatic ring is 1. The number of ether oxygens (including phenoxy) is 1. The number of allylic oxidation sites excluding steroid dienone is 2. The number of hydrogen-bond donors (Lipinski definition) is 2. The van der Waals surface area contributed by atoms with Gasteiger partial charge in [0, 0.05) is 42.1 Å². The summed E-state index contributed by atoms with van der Waals surface area (Å²) in [5, 5.41) is 17.2. The third-order valence-corrected chi connectivity index (χ3v) is 5.76. The molecule has 2 aliphatic rings. The van der Waals surface area contributed by atoms with E-state index in [9.17, 15) is 14.4 Å². The van der Waals surface area contributed by atoms with Gasteiger partial charge in [0.05, 0.1) is 11.3 Å². The number of halogens is 1. The standard InChI is InChI=1S/C24H19FN6O2/c1-12-17-9-14(25)5-6-15(17)21-16(4-3-7-28-21)23(32)22-20(18(10-26)30-31(22)2)13-8-19(33-12)24(27)29-11-13/h3-6,8-9,11-12,28H,7H2,1-2H3,(H2,27,29)/t12-/m1/s1. The van der Waals surface area contributed by atoms with E-state index in [0.717, 1.165) is 0 Å². The zero-order valence-electron chi connectivity index (χ0n) is 17.9. The van der Waals surface area contributed by atoms with Gasteiger partial charge < -0.3 is 15.8 Å². The highest BCUT2D eigenvalue weighted by Crippen LogP contribution is 2.38. The molecule has 33 heavy (non-hydrogen) atoms. The van der Waals surface area contributed by atoms with Crippen molar-refractivity contribution < 1.29 is 13.9 Å². The van der Waals surface area contributed by atoms with Gasteiger partial charge in [-0.15, -0.1) is 0 Å². The molecule has 0 saturated heterocycles. The zero-order valence-corrected chi connectivity index (χ0v) is 17.9. The Bertz CT molecular complexity index is 1430. The summed E-state index contributed by atoms with van der Waals surface area (Å²) in [6.07, 6.45) is 4.42. The van der Waals surface area contributed by atoms with Crippen LogP contribution < -0.4 is 15.8 Å². The fraction of sp³-hybridized carbons (Fsp3) is 0.167. The number of nitriles is 1. The molecule has 1 atom stereocenters. The second-order valence-corrected chi connectivity index (χ2v) is 7.81. The van der Waals surface area contributed by atoms with Crippen molar-refractivity contribution in [1.29, 1.82) is 5.26 Å². The van der Waals surface area contributed by atoms with E-state index >= 15 is 0 Å². The molecule has 2 aliphatic heterocycles. The number of nitrogens with one attached hydrogen (secondary N) is 1. The number of Topliss-reactive ketones (excluding diaryl/α,β-unsaturated/α-hetero) is 1. The van der Waals surface area contributed by atoms with Crippen LogP contribution in [0.1, 0.15) is 40.3 Å². The molecular formula is C24H19FN6O2. The van der Waals surface area contributed by atoms with Crippen LogP contribution in [0.2, 0.25) is 0 Å². The number of nitrogens with two attached hydrogens (primary N) is 1. The van der Waals surface area contributed by atoms with Crippen molar-refractivity contribution in [2.24, 2.45) is 7.05 Å². The van der Waals surface area contributed by atoms with Crippen LogP contribution in [0.25, 0.3) is 16.8 Å². The number of carbonyl (C=O) groups excluding carboxylic acids is 1. The van der Waals surface area contributed by atoms with Gasteiger partial charge in [0.1, 0.15) is 23.7 Å². The molecular weight excluding hydrogens is 423 g/mol.